The van der Waals surface area contributed by atoms with E-state index in [0.29, 0.717) is 0 Å². The van der Waals surface area contributed by atoms with Gasteiger partial charge in [-0.2, -0.15) is 83.5 Å². The standard InChI is InChI=1S/3C10H15.C6H6O4.3Mo.Ni.4H2S/c3*1-6-7(2)9(4)10(5)8(6)3;1-9-5(7)3-4-6(8)10-2;;;;;;;;/h3*1-5H3;1-2H3;;;;;4*1H2/q3*-1;;;;;;;;;/p-4. The molecule has 0 N–H and O–H groups in total. The molecule has 0 amide bonds. The molecule has 0 unspecified atom stereocenters. The van der Waals surface area contributed by atoms with Crippen molar-refractivity contribution in [3.63, 3.8) is 0 Å². The summed E-state index contributed by atoms with van der Waals surface area (Å²) in [7, 11) is 2.35. The SMILES string of the molecule is COC(=O)C#CC(=O)OC.Cc1c(C)c(C)[c-](C)c1C.Cc1c(C)c(C)[c-](C)c1C.Cc1c(C)c(C)[c-](C)c1C.[Mo].[Mo].[Mo].[Ni].[SH-].[SH-].[SH-].[SH-]. The van der Waals surface area contributed by atoms with E-state index in [2.05, 4.69) is 113 Å². The molecule has 0 spiro atoms. The maximum absolute atomic E-state index is 10.2. The Labute approximate surface area is 374 Å². The Hall–Kier alpha value is 0.508. The minimum Gasteiger partial charge on any atom is -0.813 e. The number of hydrogen-bond acceptors (Lipinski definition) is 8. The Kier molecular flexibility index (Phi) is 48.7. The van der Waals surface area contributed by atoms with E-state index in [1.54, 1.807) is 0 Å². The molecule has 0 fully saturated rings. The van der Waals surface area contributed by atoms with Crippen LogP contribution in [0, 0.1) is 116 Å². The zero-order valence-electron chi connectivity index (χ0n) is 31.5. The molecule has 4 nitrogen and oxygen atoms in total. The first-order chi connectivity index (χ1) is 18.4. The minimum atomic E-state index is -0.759. The Morgan fingerprint density at radius 2 is 0.542 bits per heavy atom. The molecule has 0 saturated carbocycles. The molecular formula is C36H55Mo3NiO4S4-7. The summed E-state index contributed by atoms with van der Waals surface area (Å²) in [6.07, 6.45) is 0. The first-order valence-corrected chi connectivity index (χ1v) is 13.6. The van der Waals surface area contributed by atoms with Gasteiger partial charge in [-0.05, 0) is 0 Å². The second-order valence-electron chi connectivity index (χ2n) is 10.6. The van der Waals surface area contributed by atoms with Gasteiger partial charge < -0.3 is 63.5 Å². The summed E-state index contributed by atoms with van der Waals surface area (Å²) >= 11 is 0. The fourth-order valence-corrected chi connectivity index (χ4v) is 4.42. The zero-order valence-corrected chi connectivity index (χ0v) is 42.0. The van der Waals surface area contributed by atoms with E-state index in [4.69, 9.17) is 0 Å². The Morgan fingerprint density at radius 1 is 0.417 bits per heavy atom. The van der Waals surface area contributed by atoms with Crippen LogP contribution in [0.2, 0.25) is 0 Å². The van der Waals surface area contributed by atoms with Gasteiger partial charge in [-0.3, -0.25) is 0 Å². The van der Waals surface area contributed by atoms with E-state index in [1.165, 1.54) is 97.7 Å². The van der Waals surface area contributed by atoms with Crippen LogP contribution in [0.25, 0.3) is 0 Å². The third-order valence-electron chi connectivity index (χ3n) is 9.07. The van der Waals surface area contributed by atoms with Crippen LogP contribution >= 0.6 is 0 Å². The molecule has 3 aromatic rings. The Morgan fingerprint density at radius 3 is 0.604 bits per heavy atom. The van der Waals surface area contributed by atoms with Crippen LogP contribution in [0.3, 0.4) is 0 Å². The van der Waals surface area contributed by atoms with Crippen molar-refractivity contribution < 1.29 is 98.8 Å². The van der Waals surface area contributed by atoms with E-state index in [-0.39, 0.29) is 134 Å². The number of carbonyl (C=O) groups excluding carboxylic acids is 2. The molecule has 3 aromatic carbocycles. The van der Waals surface area contributed by atoms with E-state index < -0.39 is 11.9 Å². The van der Waals surface area contributed by atoms with Crippen LogP contribution in [-0.2, 0) is 153 Å². The second-order valence-corrected chi connectivity index (χ2v) is 10.6. The third-order valence-corrected chi connectivity index (χ3v) is 9.07. The summed E-state index contributed by atoms with van der Waals surface area (Å²) in [6.45, 7) is 33.0. The first kappa shape index (κ1) is 70.1. The molecular weight excluding hydrogens is 971 g/mol. The van der Waals surface area contributed by atoms with Crippen molar-refractivity contribution in [2.45, 2.75) is 104 Å². The maximum Gasteiger partial charge on any atom is 0.384 e. The summed E-state index contributed by atoms with van der Waals surface area (Å²) in [5.74, 6) is 2.28. The Bertz CT molecular complexity index is 1040. The van der Waals surface area contributed by atoms with Crippen LogP contribution in [0.5, 0.6) is 0 Å². The molecule has 0 aromatic heterocycles. The van der Waals surface area contributed by atoms with Crippen LogP contribution in [-0.4, -0.2) is 26.2 Å². The van der Waals surface area contributed by atoms with E-state index in [1.807, 2.05) is 11.8 Å². The van der Waals surface area contributed by atoms with Crippen LogP contribution in [0.15, 0.2) is 0 Å². The van der Waals surface area contributed by atoms with Gasteiger partial charge in [-0.25, -0.2) is 9.59 Å². The molecule has 0 heterocycles. The molecule has 0 bridgehead atoms. The quantitative estimate of drug-likeness (QED) is 0.0451. The zero-order chi connectivity index (χ0) is 31.6. The van der Waals surface area contributed by atoms with Crippen molar-refractivity contribution in [2.75, 3.05) is 14.2 Å². The van der Waals surface area contributed by atoms with Gasteiger partial charge >= 0.3 is 11.9 Å². The smallest absolute Gasteiger partial charge is 0.384 e. The van der Waals surface area contributed by atoms with Crippen LogP contribution < -0.4 is 0 Å². The van der Waals surface area contributed by atoms with Gasteiger partial charge in [0.25, 0.3) is 0 Å². The molecule has 48 heavy (non-hydrogen) atoms. The molecule has 0 aliphatic rings. The van der Waals surface area contributed by atoms with Crippen molar-refractivity contribution in [2.24, 2.45) is 0 Å². The molecule has 0 atom stereocenters. The fourth-order valence-electron chi connectivity index (χ4n) is 4.42. The first-order valence-electron chi connectivity index (χ1n) is 13.6. The topological polar surface area (TPSA) is 52.6 Å². The summed E-state index contributed by atoms with van der Waals surface area (Å²) in [4.78, 5) is 20.5. The van der Waals surface area contributed by atoms with Gasteiger partial charge in [0.15, 0.2) is 0 Å². The third kappa shape index (κ3) is 19.9. The molecule has 0 radical (unpaired) electrons. The molecule has 0 aliphatic carbocycles. The van der Waals surface area contributed by atoms with Gasteiger partial charge in [-0.1, -0.05) is 104 Å². The van der Waals surface area contributed by atoms with E-state index >= 15 is 0 Å². The van der Waals surface area contributed by atoms with Gasteiger partial charge in [-0.15, -0.1) is 0 Å². The number of methoxy groups -OCH3 is 2. The molecule has 0 saturated heterocycles. The normalized spacial score (nSPS) is 8.02. The summed E-state index contributed by atoms with van der Waals surface area (Å²) in [5.41, 5.74) is 22.0. The summed E-state index contributed by atoms with van der Waals surface area (Å²) < 4.78 is 8.25. The number of esters is 2. The van der Waals surface area contributed by atoms with Crippen molar-refractivity contribution in [3.05, 3.63) is 83.5 Å². The summed E-state index contributed by atoms with van der Waals surface area (Å²) in [6, 6.07) is 0. The number of rotatable bonds is 0. The molecule has 282 valence electrons. The Balaban J connectivity index is -0.0000000572. The number of ether oxygens (including phenoxy) is 2. The number of carbonyl (C=O) groups is 2. The van der Waals surface area contributed by atoms with Gasteiger partial charge in [0.05, 0.1) is 14.2 Å². The monoisotopic (exact) mass is 1030 g/mol. The van der Waals surface area contributed by atoms with E-state index in [0.717, 1.165) is 0 Å². The van der Waals surface area contributed by atoms with Crippen molar-refractivity contribution in [1.82, 2.24) is 0 Å². The summed E-state index contributed by atoms with van der Waals surface area (Å²) in [5, 5.41) is 0. The van der Waals surface area contributed by atoms with Gasteiger partial charge in [0.2, 0.25) is 0 Å². The van der Waals surface area contributed by atoms with Crippen molar-refractivity contribution >= 4 is 65.9 Å². The maximum atomic E-state index is 10.2. The molecule has 0 aliphatic heterocycles. The van der Waals surface area contributed by atoms with Crippen LogP contribution in [0.1, 0.15) is 83.5 Å². The van der Waals surface area contributed by atoms with Gasteiger partial charge in [0, 0.05) is 91.5 Å². The van der Waals surface area contributed by atoms with Crippen LogP contribution in [0.4, 0.5) is 0 Å². The predicted molar refractivity (Wildman–Crippen MR) is 204 cm³/mol. The van der Waals surface area contributed by atoms with E-state index in [9.17, 15) is 9.59 Å². The molecule has 3 rings (SSSR count). The van der Waals surface area contributed by atoms with Crippen molar-refractivity contribution in [3.8, 4) is 11.8 Å². The minimum absolute atomic E-state index is 0. The van der Waals surface area contributed by atoms with Gasteiger partial charge in [0.1, 0.15) is 0 Å². The average Bonchev–Trinajstić information content (AvgIpc) is 3.31. The predicted octanol–water partition coefficient (Wildman–Crippen LogP) is 7.09. The second kappa shape index (κ2) is 33.4. The van der Waals surface area contributed by atoms with Crippen molar-refractivity contribution in [1.29, 1.82) is 0 Å². The number of thiol groups is 4. The fraction of sp³-hybridized carbons (Fsp3) is 0.472. The number of hydrogen-bond donors (Lipinski definition) is 0. The molecule has 12 heteroatoms. The average molecular weight is 1030 g/mol. The largest absolute Gasteiger partial charge is 0.813 e.